The van der Waals surface area contributed by atoms with Crippen LogP contribution in [0.25, 0.3) is 5.82 Å². The monoisotopic (exact) mass is 294 g/mol. The summed E-state index contributed by atoms with van der Waals surface area (Å²) in [5.41, 5.74) is 0.432. The van der Waals surface area contributed by atoms with Crippen LogP contribution < -0.4 is 5.32 Å². The first kappa shape index (κ1) is 14.2. The quantitative estimate of drug-likeness (QED) is 0.893. The van der Waals surface area contributed by atoms with Gasteiger partial charge in [0.05, 0.1) is 11.9 Å². The zero-order chi connectivity index (χ0) is 14.8. The number of carbonyl (C=O) groups is 1. The van der Waals surface area contributed by atoms with E-state index in [1.165, 1.54) is 13.1 Å². The fourth-order valence-electron chi connectivity index (χ4n) is 1.44. The summed E-state index contributed by atoms with van der Waals surface area (Å²) in [7, 11) is -3.41. The zero-order valence-electron chi connectivity index (χ0n) is 11.0. The van der Waals surface area contributed by atoms with Gasteiger partial charge >= 0.3 is 0 Å². The fourth-order valence-corrected chi connectivity index (χ4v) is 1.89. The summed E-state index contributed by atoms with van der Waals surface area (Å²) in [6.07, 6.45) is 5.84. The number of aromatic nitrogens is 3. The lowest BCUT2D eigenvalue weighted by Gasteiger charge is -2.10. The molecule has 0 saturated carbocycles. The van der Waals surface area contributed by atoms with Crippen molar-refractivity contribution in [3.05, 3.63) is 36.8 Å². The largest absolute Gasteiger partial charge is 0.324 e. The van der Waals surface area contributed by atoms with E-state index in [-0.39, 0.29) is 0 Å². The van der Waals surface area contributed by atoms with Gasteiger partial charge < -0.3 is 5.32 Å². The SMILES string of the molecule is C[C@H](C(=O)Nc1ccc(-n2cccn2)nc1)S(C)(=O)=O. The summed E-state index contributed by atoms with van der Waals surface area (Å²) in [5, 5.41) is 5.43. The van der Waals surface area contributed by atoms with Crippen molar-refractivity contribution in [2.75, 3.05) is 11.6 Å². The molecule has 106 valence electrons. The van der Waals surface area contributed by atoms with Gasteiger partial charge in [0.2, 0.25) is 5.91 Å². The van der Waals surface area contributed by atoms with E-state index in [1.807, 2.05) is 0 Å². The molecular weight excluding hydrogens is 280 g/mol. The molecule has 0 radical (unpaired) electrons. The highest BCUT2D eigenvalue weighted by atomic mass is 32.2. The van der Waals surface area contributed by atoms with Crippen LogP contribution in [0.15, 0.2) is 36.8 Å². The van der Waals surface area contributed by atoms with Crippen LogP contribution >= 0.6 is 0 Å². The minimum Gasteiger partial charge on any atom is -0.324 e. The number of carbonyl (C=O) groups excluding carboxylic acids is 1. The molecule has 0 bridgehead atoms. The lowest BCUT2D eigenvalue weighted by molar-refractivity contribution is -0.115. The molecule has 0 spiro atoms. The minimum atomic E-state index is -3.41. The van der Waals surface area contributed by atoms with Crippen molar-refractivity contribution in [3.63, 3.8) is 0 Å². The van der Waals surface area contributed by atoms with Crippen molar-refractivity contribution in [2.45, 2.75) is 12.2 Å². The standard InChI is InChI=1S/C12H14N4O3S/c1-9(20(2,18)19)12(17)15-10-4-5-11(13-8-10)16-7-3-6-14-16/h3-9H,1-2H3,(H,15,17)/t9-/m1/s1. The van der Waals surface area contributed by atoms with Crippen molar-refractivity contribution >= 4 is 21.4 Å². The van der Waals surface area contributed by atoms with E-state index < -0.39 is 21.0 Å². The van der Waals surface area contributed by atoms with Crippen molar-refractivity contribution in [2.24, 2.45) is 0 Å². The Morgan fingerprint density at radius 3 is 2.65 bits per heavy atom. The predicted molar refractivity (Wildman–Crippen MR) is 74.3 cm³/mol. The van der Waals surface area contributed by atoms with Gasteiger partial charge in [-0.2, -0.15) is 5.10 Å². The number of nitrogens with zero attached hydrogens (tertiary/aromatic N) is 3. The fraction of sp³-hybridized carbons (Fsp3) is 0.250. The summed E-state index contributed by atoms with van der Waals surface area (Å²) in [6.45, 7) is 1.34. The Morgan fingerprint density at radius 1 is 1.40 bits per heavy atom. The van der Waals surface area contributed by atoms with E-state index in [9.17, 15) is 13.2 Å². The Hall–Kier alpha value is -2.22. The Morgan fingerprint density at radius 2 is 2.15 bits per heavy atom. The zero-order valence-corrected chi connectivity index (χ0v) is 11.8. The van der Waals surface area contributed by atoms with E-state index in [4.69, 9.17) is 0 Å². The minimum absolute atomic E-state index is 0.432. The van der Waals surface area contributed by atoms with Gasteiger partial charge in [-0.3, -0.25) is 4.79 Å². The van der Waals surface area contributed by atoms with Crippen LogP contribution in [-0.4, -0.2) is 40.6 Å². The van der Waals surface area contributed by atoms with E-state index in [1.54, 1.807) is 35.3 Å². The molecule has 0 aliphatic carbocycles. The first-order chi connectivity index (χ1) is 9.38. The normalized spacial score (nSPS) is 12.9. The third-order valence-electron chi connectivity index (χ3n) is 2.77. The average Bonchev–Trinajstić information content (AvgIpc) is 2.91. The van der Waals surface area contributed by atoms with Crippen LogP contribution in [0.3, 0.4) is 0 Å². The van der Waals surface area contributed by atoms with Crippen molar-refractivity contribution < 1.29 is 13.2 Å². The van der Waals surface area contributed by atoms with Crippen molar-refractivity contribution in [1.29, 1.82) is 0 Å². The number of hydrogen-bond donors (Lipinski definition) is 1. The molecule has 1 N–H and O–H groups in total. The molecule has 0 aliphatic rings. The van der Waals surface area contributed by atoms with Crippen LogP contribution in [0.2, 0.25) is 0 Å². The first-order valence-electron chi connectivity index (χ1n) is 5.84. The van der Waals surface area contributed by atoms with E-state index in [2.05, 4.69) is 15.4 Å². The van der Waals surface area contributed by atoms with Crippen LogP contribution in [0, 0.1) is 0 Å². The number of amides is 1. The molecule has 0 aromatic carbocycles. The van der Waals surface area contributed by atoms with E-state index in [0.29, 0.717) is 11.5 Å². The molecule has 2 heterocycles. The number of anilines is 1. The summed E-state index contributed by atoms with van der Waals surface area (Å²) in [5.74, 6) is 0.0188. The molecule has 2 aromatic rings. The molecule has 2 rings (SSSR count). The highest BCUT2D eigenvalue weighted by Crippen LogP contribution is 2.10. The highest BCUT2D eigenvalue weighted by Gasteiger charge is 2.23. The average molecular weight is 294 g/mol. The number of sulfone groups is 1. The van der Waals surface area contributed by atoms with Gasteiger partial charge in [0.1, 0.15) is 5.25 Å². The van der Waals surface area contributed by atoms with Gasteiger partial charge in [-0.1, -0.05) is 0 Å². The molecule has 0 aliphatic heterocycles. The lowest BCUT2D eigenvalue weighted by Crippen LogP contribution is -2.31. The maximum Gasteiger partial charge on any atom is 0.242 e. The van der Waals surface area contributed by atoms with Crippen molar-refractivity contribution in [1.82, 2.24) is 14.8 Å². The molecule has 2 aromatic heterocycles. The van der Waals surface area contributed by atoms with E-state index in [0.717, 1.165) is 6.26 Å². The molecule has 0 unspecified atom stereocenters. The second-order valence-corrected chi connectivity index (χ2v) is 6.68. The van der Waals surface area contributed by atoms with Crippen LogP contribution in [-0.2, 0) is 14.6 Å². The summed E-state index contributed by atoms with van der Waals surface area (Å²) in [6, 6.07) is 5.08. The van der Waals surface area contributed by atoms with Gasteiger partial charge in [0.15, 0.2) is 15.7 Å². The number of nitrogens with one attached hydrogen (secondary N) is 1. The first-order valence-corrected chi connectivity index (χ1v) is 7.79. The molecular formula is C12H14N4O3S. The maximum absolute atomic E-state index is 11.7. The predicted octanol–water partition coefficient (Wildman–Crippen LogP) is 0.639. The molecule has 0 fully saturated rings. The number of hydrogen-bond acceptors (Lipinski definition) is 5. The van der Waals surface area contributed by atoms with Gasteiger partial charge in [-0.25, -0.2) is 18.1 Å². The summed E-state index contributed by atoms with van der Waals surface area (Å²) in [4.78, 5) is 15.9. The van der Waals surface area contributed by atoms with Crippen LogP contribution in [0.5, 0.6) is 0 Å². The summed E-state index contributed by atoms with van der Waals surface area (Å²) >= 11 is 0. The Bertz CT molecular complexity index is 693. The Labute approximate surface area is 116 Å². The summed E-state index contributed by atoms with van der Waals surface area (Å²) < 4.78 is 24.1. The molecule has 8 heteroatoms. The third-order valence-corrected chi connectivity index (χ3v) is 4.26. The second-order valence-electron chi connectivity index (χ2n) is 4.32. The van der Waals surface area contributed by atoms with Gasteiger partial charge in [-0.15, -0.1) is 0 Å². The molecule has 1 amide bonds. The number of pyridine rings is 1. The molecule has 20 heavy (non-hydrogen) atoms. The highest BCUT2D eigenvalue weighted by molar-refractivity contribution is 7.92. The molecule has 1 atom stereocenters. The van der Waals surface area contributed by atoms with Gasteiger partial charge in [0.25, 0.3) is 0 Å². The number of rotatable bonds is 4. The topological polar surface area (TPSA) is 93.9 Å². The van der Waals surface area contributed by atoms with Gasteiger partial charge in [-0.05, 0) is 25.1 Å². The third kappa shape index (κ3) is 3.21. The molecule has 7 nitrogen and oxygen atoms in total. The lowest BCUT2D eigenvalue weighted by atomic mass is 10.3. The smallest absolute Gasteiger partial charge is 0.242 e. The van der Waals surface area contributed by atoms with Gasteiger partial charge in [0, 0.05) is 18.6 Å². The van der Waals surface area contributed by atoms with Crippen molar-refractivity contribution in [3.8, 4) is 5.82 Å². The Balaban J connectivity index is 2.10. The van der Waals surface area contributed by atoms with Crippen LogP contribution in [0.4, 0.5) is 5.69 Å². The Kier molecular flexibility index (Phi) is 3.84. The van der Waals surface area contributed by atoms with E-state index >= 15 is 0 Å². The maximum atomic E-state index is 11.7. The molecule has 0 saturated heterocycles. The van der Waals surface area contributed by atoms with Crippen LogP contribution in [0.1, 0.15) is 6.92 Å². The second kappa shape index (κ2) is 5.41.